The summed E-state index contributed by atoms with van der Waals surface area (Å²) in [5.41, 5.74) is 0.465. The minimum Gasteiger partial charge on any atom is -0.479 e. The molecule has 2 aromatic rings. The number of allylic oxidation sites excluding steroid dienone is 1. The fourth-order valence-corrected chi connectivity index (χ4v) is 1.88. The summed E-state index contributed by atoms with van der Waals surface area (Å²) in [7, 11) is 0. The standard InChI is InChI=1S/C15H9NO4/c16-5-7-19-11-3-4-12-13(8-11)20-14(15(12)17)9-10-2-1-6-18-10/h1-4,6,8-9H,7H2. The second-order valence-corrected chi connectivity index (χ2v) is 4.06. The molecule has 0 atom stereocenters. The fraction of sp³-hybridized carbons (Fsp3) is 0.0667. The van der Waals surface area contributed by atoms with Gasteiger partial charge in [0, 0.05) is 12.1 Å². The topological polar surface area (TPSA) is 72.5 Å². The monoisotopic (exact) mass is 267 g/mol. The van der Waals surface area contributed by atoms with Crippen LogP contribution in [0, 0.1) is 11.3 Å². The summed E-state index contributed by atoms with van der Waals surface area (Å²) in [6.45, 7) is -0.0537. The molecule has 1 aromatic carbocycles. The maximum atomic E-state index is 12.1. The summed E-state index contributed by atoms with van der Waals surface area (Å²) < 4.78 is 15.8. The van der Waals surface area contributed by atoms with Gasteiger partial charge in [0.15, 0.2) is 12.4 Å². The van der Waals surface area contributed by atoms with E-state index in [9.17, 15) is 4.79 Å². The highest BCUT2D eigenvalue weighted by molar-refractivity contribution is 6.14. The first-order valence-corrected chi connectivity index (χ1v) is 5.89. The second-order valence-electron chi connectivity index (χ2n) is 4.06. The van der Waals surface area contributed by atoms with Gasteiger partial charge in [-0.15, -0.1) is 0 Å². The number of rotatable bonds is 3. The Bertz CT molecular complexity index is 723. The molecule has 0 saturated heterocycles. The summed E-state index contributed by atoms with van der Waals surface area (Å²) >= 11 is 0. The average molecular weight is 267 g/mol. The van der Waals surface area contributed by atoms with Crippen molar-refractivity contribution in [3.8, 4) is 17.6 Å². The highest BCUT2D eigenvalue weighted by atomic mass is 16.5. The lowest BCUT2D eigenvalue weighted by molar-refractivity contribution is 0.101. The molecule has 5 heteroatoms. The van der Waals surface area contributed by atoms with Crippen LogP contribution in [0.4, 0.5) is 0 Å². The number of nitrogens with zero attached hydrogens (tertiary/aromatic N) is 1. The van der Waals surface area contributed by atoms with E-state index in [2.05, 4.69) is 0 Å². The summed E-state index contributed by atoms with van der Waals surface area (Å²) in [4.78, 5) is 12.1. The molecular formula is C15H9NO4. The molecule has 2 heterocycles. The zero-order valence-electron chi connectivity index (χ0n) is 10.3. The number of Topliss-reactive ketones (excluding diaryl/α,β-unsaturated/α-hetero) is 1. The van der Waals surface area contributed by atoms with E-state index in [4.69, 9.17) is 19.2 Å². The predicted octanol–water partition coefficient (Wildman–Crippen LogP) is 2.80. The number of hydrogen-bond acceptors (Lipinski definition) is 5. The molecule has 1 aliphatic heterocycles. The third kappa shape index (κ3) is 2.15. The highest BCUT2D eigenvalue weighted by Crippen LogP contribution is 2.34. The Morgan fingerprint density at radius 1 is 1.35 bits per heavy atom. The third-order valence-electron chi connectivity index (χ3n) is 2.76. The smallest absolute Gasteiger partial charge is 0.232 e. The molecule has 0 fully saturated rings. The van der Waals surface area contributed by atoms with Gasteiger partial charge in [-0.2, -0.15) is 5.26 Å². The SMILES string of the molecule is N#CCOc1ccc2c(c1)OC(=Cc1ccco1)C2=O. The number of hydrogen-bond donors (Lipinski definition) is 0. The van der Waals surface area contributed by atoms with E-state index >= 15 is 0 Å². The minimum absolute atomic E-state index is 0.0537. The van der Waals surface area contributed by atoms with E-state index < -0.39 is 0 Å². The van der Waals surface area contributed by atoms with Crippen molar-refractivity contribution in [3.05, 3.63) is 53.7 Å². The lowest BCUT2D eigenvalue weighted by Crippen LogP contribution is -1.97. The van der Waals surface area contributed by atoms with Gasteiger partial charge in [0.1, 0.15) is 23.3 Å². The second kappa shape index (κ2) is 4.94. The first-order chi connectivity index (χ1) is 9.78. The van der Waals surface area contributed by atoms with Gasteiger partial charge >= 0.3 is 0 Å². The van der Waals surface area contributed by atoms with Crippen molar-refractivity contribution in [1.82, 2.24) is 0 Å². The summed E-state index contributed by atoms with van der Waals surface area (Å²) in [6.07, 6.45) is 3.06. The van der Waals surface area contributed by atoms with Crippen molar-refractivity contribution < 1.29 is 18.7 Å². The van der Waals surface area contributed by atoms with Crippen LogP contribution in [0.1, 0.15) is 16.1 Å². The Morgan fingerprint density at radius 2 is 2.25 bits per heavy atom. The zero-order chi connectivity index (χ0) is 13.9. The lowest BCUT2D eigenvalue weighted by atomic mass is 10.1. The molecule has 20 heavy (non-hydrogen) atoms. The van der Waals surface area contributed by atoms with Crippen molar-refractivity contribution in [3.63, 3.8) is 0 Å². The molecular weight excluding hydrogens is 258 g/mol. The van der Waals surface area contributed by atoms with Crippen LogP contribution in [0.25, 0.3) is 6.08 Å². The molecule has 5 nitrogen and oxygen atoms in total. The average Bonchev–Trinajstić information content (AvgIpc) is 3.06. The van der Waals surface area contributed by atoms with E-state index in [0.29, 0.717) is 22.8 Å². The maximum Gasteiger partial charge on any atom is 0.232 e. The molecule has 1 aliphatic rings. The number of ketones is 1. The Kier molecular flexibility index (Phi) is 2.98. The maximum absolute atomic E-state index is 12.1. The molecule has 98 valence electrons. The molecule has 0 radical (unpaired) electrons. The fourth-order valence-electron chi connectivity index (χ4n) is 1.88. The first kappa shape index (κ1) is 12.1. The van der Waals surface area contributed by atoms with Crippen LogP contribution in [-0.4, -0.2) is 12.4 Å². The number of furan rings is 1. The zero-order valence-corrected chi connectivity index (χ0v) is 10.3. The molecule has 0 bridgehead atoms. The van der Waals surface area contributed by atoms with Gasteiger partial charge in [0.25, 0.3) is 0 Å². The van der Waals surface area contributed by atoms with Gasteiger partial charge in [-0.05, 0) is 24.3 Å². The van der Waals surface area contributed by atoms with Gasteiger partial charge < -0.3 is 13.9 Å². The molecule has 0 saturated carbocycles. The molecule has 3 rings (SSSR count). The normalized spacial score (nSPS) is 14.8. The lowest BCUT2D eigenvalue weighted by Gasteiger charge is -2.02. The first-order valence-electron chi connectivity index (χ1n) is 5.89. The number of carbonyl (C=O) groups is 1. The quantitative estimate of drug-likeness (QED) is 0.799. The minimum atomic E-state index is -0.205. The van der Waals surface area contributed by atoms with Crippen molar-refractivity contribution >= 4 is 11.9 Å². The molecule has 0 unspecified atom stereocenters. The van der Waals surface area contributed by atoms with Gasteiger partial charge in [-0.3, -0.25) is 4.79 Å². The molecule has 0 amide bonds. The number of fused-ring (bicyclic) bond motifs is 1. The molecule has 0 spiro atoms. The number of benzene rings is 1. The third-order valence-corrected chi connectivity index (χ3v) is 2.76. The van der Waals surface area contributed by atoms with Crippen LogP contribution < -0.4 is 9.47 Å². The van der Waals surface area contributed by atoms with Crippen LogP contribution in [0.15, 0.2) is 46.8 Å². The van der Waals surface area contributed by atoms with Crippen molar-refractivity contribution in [2.45, 2.75) is 0 Å². The van der Waals surface area contributed by atoms with Gasteiger partial charge in [0.05, 0.1) is 11.8 Å². The number of ether oxygens (including phenoxy) is 2. The molecule has 1 aromatic heterocycles. The van der Waals surface area contributed by atoms with Gasteiger partial charge in [0.2, 0.25) is 5.78 Å². The van der Waals surface area contributed by atoms with Gasteiger partial charge in [-0.25, -0.2) is 0 Å². The summed E-state index contributed by atoms with van der Waals surface area (Å²) in [6, 6.07) is 10.2. The molecule has 0 N–H and O–H groups in total. The van der Waals surface area contributed by atoms with Crippen LogP contribution in [0.2, 0.25) is 0 Å². The van der Waals surface area contributed by atoms with Crippen LogP contribution in [-0.2, 0) is 0 Å². The Hall–Kier alpha value is -3.00. The number of nitriles is 1. The van der Waals surface area contributed by atoms with E-state index in [1.54, 1.807) is 30.3 Å². The van der Waals surface area contributed by atoms with Crippen LogP contribution >= 0.6 is 0 Å². The molecule has 0 aliphatic carbocycles. The van der Waals surface area contributed by atoms with Gasteiger partial charge in [-0.1, -0.05) is 0 Å². The number of carbonyl (C=O) groups excluding carboxylic acids is 1. The van der Waals surface area contributed by atoms with Crippen LogP contribution in [0.5, 0.6) is 11.5 Å². The van der Waals surface area contributed by atoms with Crippen LogP contribution in [0.3, 0.4) is 0 Å². The highest BCUT2D eigenvalue weighted by Gasteiger charge is 2.28. The Morgan fingerprint density at radius 3 is 3.00 bits per heavy atom. The van der Waals surface area contributed by atoms with E-state index in [0.717, 1.165) is 0 Å². The van der Waals surface area contributed by atoms with E-state index in [1.807, 2.05) is 6.07 Å². The van der Waals surface area contributed by atoms with E-state index in [-0.39, 0.29) is 18.1 Å². The summed E-state index contributed by atoms with van der Waals surface area (Å²) in [5, 5.41) is 8.47. The predicted molar refractivity (Wildman–Crippen MR) is 69.2 cm³/mol. The largest absolute Gasteiger partial charge is 0.479 e. The summed E-state index contributed by atoms with van der Waals surface area (Å²) in [5.74, 6) is 1.44. The van der Waals surface area contributed by atoms with E-state index in [1.165, 1.54) is 12.3 Å². The van der Waals surface area contributed by atoms with Crippen molar-refractivity contribution in [1.29, 1.82) is 5.26 Å². The van der Waals surface area contributed by atoms with Crippen molar-refractivity contribution in [2.75, 3.05) is 6.61 Å². The Labute approximate surface area is 114 Å². The Balaban J connectivity index is 1.88. The van der Waals surface area contributed by atoms with Crippen molar-refractivity contribution in [2.24, 2.45) is 0 Å².